The van der Waals surface area contributed by atoms with E-state index in [1.807, 2.05) is 13.8 Å². The lowest BCUT2D eigenvalue weighted by atomic mass is 9.99. The van der Waals surface area contributed by atoms with E-state index in [4.69, 9.17) is 9.84 Å². The van der Waals surface area contributed by atoms with Gasteiger partial charge in [-0.25, -0.2) is 0 Å². The summed E-state index contributed by atoms with van der Waals surface area (Å²) in [5.74, 6) is 0.385. The molecule has 1 unspecified atom stereocenters. The van der Waals surface area contributed by atoms with E-state index in [9.17, 15) is 4.79 Å². The van der Waals surface area contributed by atoms with E-state index >= 15 is 0 Å². The first-order chi connectivity index (χ1) is 7.95. The van der Waals surface area contributed by atoms with Crippen LogP contribution in [0.1, 0.15) is 46.5 Å². The fourth-order valence-electron chi connectivity index (χ4n) is 1.72. The lowest BCUT2D eigenvalue weighted by molar-refractivity contribution is -0.126. The summed E-state index contributed by atoms with van der Waals surface area (Å²) < 4.78 is 5.21. The highest BCUT2D eigenvalue weighted by Crippen LogP contribution is 2.13. The van der Waals surface area contributed by atoms with Crippen LogP contribution in [0.25, 0.3) is 0 Å². The van der Waals surface area contributed by atoms with Crippen LogP contribution in [0.2, 0.25) is 0 Å². The smallest absolute Gasteiger partial charge is 0.222 e. The normalized spacial score (nSPS) is 13.5. The van der Waals surface area contributed by atoms with Crippen molar-refractivity contribution < 1.29 is 14.6 Å². The van der Waals surface area contributed by atoms with Gasteiger partial charge >= 0.3 is 0 Å². The van der Waals surface area contributed by atoms with E-state index in [1.165, 1.54) is 0 Å². The Morgan fingerprint density at radius 3 is 2.53 bits per heavy atom. The van der Waals surface area contributed by atoms with Crippen molar-refractivity contribution in [2.75, 3.05) is 20.3 Å². The average molecular weight is 245 g/mol. The van der Waals surface area contributed by atoms with E-state index in [0.29, 0.717) is 18.9 Å². The molecule has 0 aromatic heterocycles. The van der Waals surface area contributed by atoms with E-state index < -0.39 is 5.60 Å². The third-order valence-corrected chi connectivity index (χ3v) is 2.96. The molecule has 0 aromatic rings. The van der Waals surface area contributed by atoms with E-state index in [1.54, 1.807) is 7.11 Å². The van der Waals surface area contributed by atoms with Crippen LogP contribution in [-0.2, 0) is 9.53 Å². The zero-order valence-corrected chi connectivity index (χ0v) is 11.6. The molecule has 0 radical (unpaired) electrons. The van der Waals surface area contributed by atoms with Crippen LogP contribution in [0, 0.1) is 5.92 Å². The third-order valence-electron chi connectivity index (χ3n) is 2.96. The Morgan fingerprint density at radius 2 is 2.06 bits per heavy atom. The van der Waals surface area contributed by atoms with Gasteiger partial charge in [-0.3, -0.25) is 4.79 Å². The summed E-state index contributed by atoms with van der Waals surface area (Å²) in [5.41, 5.74) is -0.415. The first kappa shape index (κ1) is 16.4. The number of hydrogen-bond acceptors (Lipinski definition) is 3. The Balaban J connectivity index is 3.95. The number of aliphatic hydroxyl groups excluding tert-OH is 1. The number of methoxy groups -OCH3 is 1. The molecule has 0 aliphatic heterocycles. The number of rotatable bonds is 9. The quantitative estimate of drug-likeness (QED) is 0.650. The molecule has 1 atom stereocenters. The molecule has 2 N–H and O–H groups in total. The van der Waals surface area contributed by atoms with Gasteiger partial charge in [0.05, 0.1) is 12.0 Å². The lowest BCUT2D eigenvalue weighted by Gasteiger charge is -2.23. The highest BCUT2D eigenvalue weighted by molar-refractivity contribution is 5.76. The summed E-state index contributed by atoms with van der Waals surface area (Å²) in [7, 11) is 1.61. The number of ether oxygens (including phenoxy) is 1. The molecule has 1 amide bonds. The third kappa shape index (κ3) is 8.16. The summed E-state index contributed by atoms with van der Waals surface area (Å²) >= 11 is 0. The van der Waals surface area contributed by atoms with Crippen LogP contribution < -0.4 is 5.32 Å². The van der Waals surface area contributed by atoms with Gasteiger partial charge in [-0.2, -0.15) is 0 Å². The standard InChI is InChI=1S/C13H27NO3/c1-5-6-11(7-8-15)10-14-12(16)9-13(2,3)17-4/h11,15H,5-10H2,1-4H3,(H,14,16). The number of aliphatic hydroxyl groups is 1. The number of hydrogen-bond donors (Lipinski definition) is 2. The summed E-state index contributed by atoms with van der Waals surface area (Å²) in [4.78, 5) is 11.7. The van der Waals surface area contributed by atoms with Crippen molar-refractivity contribution >= 4 is 5.91 Å². The highest BCUT2D eigenvalue weighted by Gasteiger charge is 2.21. The van der Waals surface area contributed by atoms with Gasteiger partial charge in [-0.15, -0.1) is 0 Å². The van der Waals surface area contributed by atoms with Crippen molar-refractivity contribution in [1.29, 1.82) is 0 Å². The zero-order chi connectivity index (χ0) is 13.3. The Hall–Kier alpha value is -0.610. The van der Waals surface area contributed by atoms with Crippen molar-refractivity contribution in [3.63, 3.8) is 0 Å². The molecule has 4 heteroatoms. The van der Waals surface area contributed by atoms with Crippen LogP contribution in [0.15, 0.2) is 0 Å². The molecular formula is C13H27NO3. The second kappa shape index (κ2) is 8.48. The Labute approximate surface area is 105 Å². The predicted molar refractivity (Wildman–Crippen MR) is 68.8 cm³/mol. The number of amides is 1. The first-order valence-electron chi connectivity index (χ1n) is 6.38. The number of nitrogens with one attached hydrogen (secondary N) is 1. The molecule has 0 rings (SSSR count). The number of carbonyl (C=O) groups excluding carboxylic acids is 1. The summed E-state index contributed by atoms with van der Waals surface area (Å²) in [6, 6.07) is 0. The van der Waals surface area contributed by atoms with Crippen LogP contribution >= 0.6 is 0 Å². The zero-order valence-electron chi connectivity index (χ0n) is 11.6. The molecule has 0 aliphatic rings. The van der Waals surface area contributed by atoms with Crippen LogP contribution in [0.5, 0.6) is 0 Å². The van der Waals surface area contributed by atoms with E-state index in [0.717, 1.165) is 19.3 Å². The lowest BCUT2D eigenvalue weighted by Crippen LogP contribution is -2.36. The maximum absolute atomic E-state index is 11.7. The second-order valence-corrected chi connectivity index (χ2v) is 5.11. The Morgan fingerprint density at radius 1 is 1.41 bits per heavy atom. The van der Waals surface area contributed by atoms with Gasteiger partial charge in [0.1, 0.15) is 0 Å². The molecule has 4 nitrogen and oxygen atoms in total. The van der Waals surface area contributed by atoms with Gasteiger partial charge in [0.25, 0.3) is 0 Å². The largest absolute Gasteiger partial charge is 0.396 e. The van der Waals surface area contributed by atoms with Crippen molar-refractivity contribution in [3.05, 3.63) is 0 Å². The second-order valence-electron chi connectivity index (χ2n) is 5.11. The molecule has 17 heavy (non-hydrogen) atoms. The fraction of sp³-hybridized carbons (Fsp3) is 0.923. The van der Waals surface area contributed by atoms with E-state index in [2.05, 4.69) is 12.2 Å². The maximum Gasteiger partial charge on any atom is 0.222 e. The van der Waals surface area contributed by atoms with Gasteiger partial charge in [-0.1, -0.05) is 13.3 Å². The average Bonchev–Trinajstić information content (AvgIpc) is 2.26. The molecule has 0 saturated heterocycles. The van der Waals surface area contributed by atoms with Crippen molar-refractivity contribution in [2.45, 2.75) is 52.1 Å². The molecular weight excluding hydrogens is 218 g/mol. The highest BCUT2D eigenvalue weighted by atomic mass is 16.5. The Bertz CT molecular complexity index is 211. The molecule has 0 fully saturated rings. The molecule has 0 spiro atoms. The molecule has 0 saturated carbocycles. The molecule has 0 aliphatic carbocycles. The van der Waals surface area contributed by atoms with E-state index in [-0.39, 0.29) is 12.5 Å². The van der Waals surface area contributed by atoms with Gasteiger partial charge in [-0.05, 0) is 32.6 Å². The predicted octanol–water partition coefficient (Wildman–Crippen LogP) is 1.72. The minimum atomic E-state index is -0.415. The SMILES string of the molecule is CCCC(CCO)CNC(=O)CC(C)(C)OC. The monoisotopic (exact) mass is 245 g/mol. The molecule has 102 valence electrons. The summed E-state index contributed by atoms with van der Waals surface area (Å²) in [6.07, 6.45) is 3.22. The summed E-state index contributed by atoms with van der Waals surface area (Å²) in [5, 5.41) is 11.8. The van der Waals surface area contributed by atoms with Gasteiger partial charge in [0.15, 0.2) is 0 Å². The summed E-state index contributed by atoms with van der Waals surface area (Å²) in [6.45, 7) is 6.73. The van der Waals surface area contributed by atoms with Crippen LogP contribution in [-0.4, -0.2) is 36.9 Å². The molecule has 0 aromatic carbocycles. The van der Waals surface area contributed by atoms with Gasteiger partial charge < -0.3 is 15.2 Å². The fourth-order valence-corrected chi connectivity index (χ4v) is 1.72. The minimum Gasteiger partial charge on any atom is -0.396 e. The molecule has 0 bridgehead atoms. The Kier molecular flexibility index (Phi) is 8.17. The topological polar surface area (TPSA) is 58.6 Å². The van der Waals surface area contributed by atoms with Crippen molar-refractivity contribution in [3.8, 4) is 0 Å². The first-order valence-corrected chi connectivity index (χ1v) is 6.38. The van der Waals surface area contributed by atoms with Gasteiger partial charge in [0.2, 0.25) is 5.91 Å². The van der Waals surface area contributed by atoms with Gasteiger partial charge in [0, 0.05) is 20.3 Å². The maximum atomic E-state index is 11.7. The van der Waals surface area contributed by atoms with Crippen molar-refractivity contribution in [1.82, 2.24) is 5.32 Å². The van der Waals surface area contributed by atoms with Crippen LogP contribution in [0.3, 0.4) is 0 Å². The molecule has 0 heterocycles. The van der Waals surface area contributed by atoms with Crippen molar-refractivity contribution in [2.24, 2.45) is 5.92 Å². The minimum absolute atomic E-state index is 0.0101. The van der Waals surface area contributed by atoms with Crippen LogP contribution in [0.4, 0.5) is 0 Å². The number of carbonyl (C=O) groups is 1.